The van der Waals surface area contributed by atoms with Gasteiger partial charge in [-0.2, -0.15) is 0 Å². The maximum atomic E-state index is 13.6. The molecule has 0 heterocycles. The highest BCUT2D eigenvalue weighted by molar-refractivity contribution is 7.88. The van der Waals surface area contributed by atoms with E-state index in [1.54, 1.807) is 12.1 Å². The molecule has 0 amide bonds. The Morgan fingerprint density at radius 3 is 2.63 bits per heavy atom. The molecule has 0 saturated heterocycles. The Labute approximate surface area is 113 Å². The Balaban J connectivity index is 2.26. The number of nitrogens with one attached hydrogen (secondary N) is 2. The molecule has 0 radical (unpaired) electrons. The molecule has 5 nitrogen and oxygen atoms in total. The van der Waals surface area contributed by atoms with Crippen LogP contribution in [0.2, 0.25) is 0 Å². The van der Waals surface area contributed by atoms with Gasteiger partial charge in [-0.25, -0.2) is 17.5 Å². The van der Waals surface area contributed by atoms with Crippen LogP contribution in [0.4, 0.5) is 4.39 Å². The van der Waals surface area contributed by atoms with Crippen LogP contribution >= 0.6 is 0 Å². The van der Waals surface area contributed by atoms with Crippen LogP contribution in [-0.2, 0) is 16.6 Å². The summed E-state index contributed by atoms with van der Waals surface area (Å²) in [5, 5.41) is 3.05. The second kappa shape index (κ2) is 7.42. The highest BCUT2D eigenvalue weighted by Crippen LogP contribution is 2.15. The first-order chi connectivity index (χ1) is 8.92. The lowest BCUT2D eigenvalue weighted by Crippen LogP contribution is -2.26. The van der Waals surface area contributed by atoms with E-state index >= 15 is 0 Å². The number of ether oxygens (including phenoxy) is 1. The standard InChI is InChI=1S/C12H19FN2O3S/c1-18-11-5-4-10(12(13)8-11)9-14-6-3-7-15-19(2,16)17/h4-5,8,14-15H,3,6-7,9H2,1-2H3. The third-order valence-electron chi connectivity index (χ3n) is 2.47. The van der Waals surface area contributed by atoms with Crippen LogP contribution < -0.4 is 14.8 Å². The zero-order chi connectivity index (χ0) is 14.3. The van der Waals surface area contributed by atoms with Crippen LogP contribution in [0.3, 0.4) is 0 Å². The summed E-state index contributed by atoms with van der Waals surface area (Å²) in [5.74, 6) is 0.166. The molecular formula is C12H19FN2O3S. The van der Waals surface area contributed by atoms with Crippen LogP contribution in [0.15, 0.2) is 18.2 Å². The molecule has 0 bridgehead atoms. The fourth-order valence-corrected chi connectivity index (χ4v) is 2.01. The summed E-state index contributed by atoms with van der Waals surface area (Å²) in [6, 6.07) is 4.70. The number of methoxy groups -OCH3 is 1. The second-order valence-electron chi connectivity index (χ2n) is 4.15. The predicted molar refractivity (Wildman–Crippen MR) is 72.1 cm³/mol. The fourth-order valence-electron chi connectivity index (χ4n) is 1.49. The van der Waals surface area contributed by atoms with Crippen molar-refractivity contribution in [3.05, 3.63) is 29.6 Å². The highest BCUT2D eigenvalue weighted by atomic mass is 32.2. The van der Waals surface area contributed by atoms with Crippen molar-refractivity contribution in [1.29, 1.82) is 0 Å². The topological polar surface area (TPSA) is 67.4 Å². The Morgan fingerprint density at radius 2 is 2.05 bits per heavy atom. The maximum Gasteiger partial charge on any atom is 0.208 e. The molecule has 108 valence electrons. The minimum absolute atomic E-state index is 0.318. The summed E-state index contributed by atoms with van der Waals surface area (Å²) in [7, 11) is -1.64. The molecule has 0 spiro atoms. The van der Waals surface area contributed by atoms with Crippen molar-refractivity contribution >= 4 is 10.0 Å². The first kappa shape index (κ1) is 15.9. The lowest BCUT2D eigenvalue weighted by Gasteiger charge is -2.07. The van der Waals surface area contributed by atoms with Gasteiger partial charge in [0, 0.05) is 24.7 Å². The lowest BCUT2D eigenvalue weighted by atomic mass is 10.2. The van der Waals surface area contributed by atoms with Crippen molar-refractivity contribution in [2.45, 2.75) is 13.0 Å². The Morgan fingerprint density at radius 1 is 1.32 bits per heavy atom. The van der Waals surface area contributed by atoms with E-state index in [1.807, 2.05) is 0 Å². The fraction of sp³-hybridized carbons (Fsp3) is 0.500. The number of rotatable bonds is 8. The molecular weight excluding hydrogens is 271 g/mol. The summed E-state index contributed by atoms with van der Waals surface area (Å²) in [4.78, 5) is 0. The summed E-state index contributed by atoms with van der Waals surface area (Å²) >= 11 is 0. The van der Waals surface area contributed by atoms with Crippen molar-refractivity contribution in [2.24, 2.45) is 0 Å². The highest BCUT2D eigenvalue weighted by Gasteiger charge is 2.03. The average Bonchev–Trinajstić information content (AvgIpc) is 2.33. The van der Waals surface area contributed by atoms with E-state index in [2.05, 4.69) is 10.0 Å². The predicted octanol–water partition coefficient (Wildman–Crippen LogP) is 0.863. The van der Waals surface area contributed by atoms with Crippen molar-refractivity contribution in [1.82, 2.24) is 10.0 Å². The molecule has 0 aliphatic rings. The van der Waals surface area contributed by atoms with E-state index in [0.29, 0.717) is 37.4 Å². The van der Waals surface area contributed by atoms with Crippen molar-refractivity contribution in [2.75, 3.05) is 26.5 Å². The Bertz CT molecular complexity index is 506. The molecule has 0 atom stereocenters. The van der Waals surface area contributed by atoms with E-state index in [-0.39, 0.29) is 5.82 Å². The minimum Gasteiger partial charge on any atom is -0.497 e. The number of halogens is 1. The van der Waals surface area contributed by atoms with E-state index in [4.69, 9.17) is 4.74 Å². The molecule has 2 N–H and O–H groups in total. The van der Waals surface area contributed by atoms with Gasteiger partial charge in [-0.05, 0) is 19.0 Å². The van der Waals surface area contributed by atoms with Gasteiger partial charge in [0.15, 0.2) is 0 Å². The van der Waals surface area contributed by atoms with Gasteiger partial charge in [0.25, 0.3) is 0 Å². The average molecular weight is 290 g/mol. The van der Waals surface area contributed by atoms with Gasteiger partial charge in [-0.15, -0.1) is 0 Å². The van der Waals surface area contributed by atoms with E-state index in [0.717, 1.165) is 6.26 Å². The number of hydrogen-bond acceptors (Lipinski definition) is 4. The SMILES string of the molecule is COc1ccc(CNCCCNS(C)(=O)=O)c(F)c1. The van der Waals surface area contributed by atoms with Gasteiger partial charge in [0.05, 0.1) is 13.4 Å². The molecule has 1 aromatic carbocycles. The zero-order valence-electron chi connectivity index (χ0n) is 11.1. The third kappa shape index (κ3) is 6.51. The molecule has 1 aromatic rings. The van der Waals surface area contributed by atoms with Gasteiger partial charge in [-0.3, -0.25) is 0 Å². The van der Waals surface area contributed by atoms with Gasteiger partial charge >= 0.3 is 0 Å². The molecule has 0 unspecified atom stereocenters. The Hall–Kier alpha value is -1.18. The molecule has 0 fully saturated rings. The van der Waals surface area contributed by atoms with Gasteiger partial charge in [0.1, 0.15) is 11.6 Å². The van der Waals surface area contributed by atoms with E-state index in [9.17, 15) is 12.8 Å². The van der Waals surface area contributed by atoms with Crippen LogP contribution in [-0.4, -0.2) is 34.9 Å². The Kier molecular flexibility index (Phi) is 6.20. The van der Waals surface area contributed by atoms with Crippen molar-refractivity contribution in [3.8, 4) is 5.75 Å². The first-order valence-corrected chi connectivity index (χ1v) is 7.79. The summed E-state index contributed by atoms with van der Waals surface area (Å²) < 4.78 is 42.5. The second-order valence-corrected chi connectivity index (χ2v) is 5.99. The van der Waals surface area contributed by atoms with Crippen LogP contribution in [0, 0.1) is 5.82 Å². The number of benzene rings is 1. The zero-order valence-corrected chi connectivity index (χ0v) is 11.9. The van der Waals surface area contributed by atoms with Crippen LogP contribution in [0.1, 0.15) is 12.0 Å². The third-order valence-corrected chi connectivity index (χ3v) is 3.20. The van der Waals surface area contributed by atoms with Crippen molar-refractivity contribution < 1.29 is 17.5 Å². The molecule has 7 heteroatoms. The summed E-state index contributed by atoms with van der Waals surface area (Å²) in [6.07, 6.45) is 1.76. The first-order valence-electron chi connectivity index (χ1n) is 5.90. The molecule has 19 heavy (non-hydrogen) atoms. The molecule has 0 saturated carbocycles. The quantitative estimate of drug-likeness (QED) is 0.697. The number of sulfonamides is 1. The monoisotopic (exact) mass is 290 g/mol. The van der Waals surface area contributed by atoms with Gasteiger partial charge in [-0.1, -0.05) is 6.07 Å². The maximum absolute atomic E-state index is 13.6. The molecule has 0 aliphatic heterocycles. The number of hydrogen-bond donors (Lipinski definition) is 2. The minimum atomic E-state index is -3.13. The van der Waals surface area contributed by atoms with E-state index in [1.165, 1.54) is 13.2 Å². The molecule has 0 aromatic heterocycles. The summed E-state index contributed by atoms with van der Waals surface area (Å²) in [6.45, 7) is 1.37. The molecule has 1 rings (SSSR count). The largest absolute Gasteiger partial charge is 0.497 e. The smallest absolute Gasteiger partial charge is 0.208 e. The summed E-state index contributed by atoms with van der Waals surface area (Å²) in [5.41, 5.74) is 0.553. The van der Waals surface area contributed by atoms with Gasteiger partial charge < -0.3 is 10.1 Å². The lowest BCUT2D eigenvalue weighted by molar-refractivity contribution is 0.410. The normalized spacial score (nSPS) is 11.5. The van der Waals surface area contributed by atoms with Crippen LogP contribution in [0.5, 0.6) is 5.75 Å². The molecule has 0 aliphatic carbocycles. The van der Waals surface area contributed by atoms with Gasteiger partial charge in [0.2, 0.25) is 10.0 Å². The van der Waals surface area contributed by atoms with E-state index < -0.39 is 10.0 Å². The van der Waals surface area contributed by atoms with Crippen molar-refractivity contribution in [3.63, 3.8) is 0 Å². The van der Waals surface area contributed by atoms with Crippen LogP contribution in [0.25, 0.3) is 0 Å².